The fraction of sp³-hybridized carbons (Fsp3) is 0.294. The Kier molecular flexibility index (Phi) is 4.18. The predicted octanol–water partition coefficient (Wildman–Crippen LogP) is 2.84. The third kappa shape index (κ3) is 2.93. The van der Waals surface area contributed by atoms with Crippen LogP contribution in [-0.2, 0) is 16.8 Å². The van der Waals surface area contributed by atoms with Gasteiger partial charge in [0.05, 0.1) is 11.6 Å². The number of benzene rings is 1. The van der Waals surface area contributed by atoms with E-state index in [4.69, 9.17) is 17.3 Å². The number of amidine groups is 2. The number of aliphatic imine (C=N–C) groups is 2. The Morgan fingerprint density at radius 1 is 1.25 bits per heavy atom. The molecule has 3 N–H and O–H groups in total. The summed E-state index contributed by atoms with van der Waals surface area (Å²) >= 11 is 5.78. The third-order valence-corrected chi connectivity index (χ3v) is 4.85. The number of nitrogens with one attached hydrogen (secondary N) is 1. The van der Waals surface area contributed by atoms with Gasteiger partial charge < -0.3 is 15.8 Å². The van der Waals surface area contributed by atoms with E-state index in [9.17, 15) is 13.2 Å². The van der Waals surface area contributed by atoms with Crippen LogP contribution in [-0.4, -0.2) is 34.4 Å². The van der Waals surface area contributed by atoms with Crippen LogP contribution in [0.15, 0.2) is 34.5 Å². The van der Waals surface area contributed by atoms with Gasteiger partial charge in [0.25, 0.3) is 6.02 Å². The molecule has 1 aromatic heterocycles. The zero-order valence-corrected chi connectivity index (χ0v) is 15.3. The highest BCUT2D eigenvalue weighted by Gasteiger charge is 2.56. The van der Waals surface area contributed by atoms with E-state index in [0.29, 0.717) is 22.1 Å². The number of hydrogen-bond donors (Lipinski definition) is 2. The quantitative estimate of drug-likeness (QED) is 0.793. The summed E-state index contributed by atoms with van der Waals surface area (Å²) in [6.45, 7) is 0.254. The highest BCUT2D eigenvalue weighted by molar-refractivity contribution is 6.30. The van der Waals surface area contributed by atoms with E-state index in [2.05, 4.69) is 30.0 Å². The maximum atomic E-state index is 14.7. The van der Waals surface area contributed by atoms with E-state index in [1.165, 1.54) is 18.5 Å². The second-order valence-corrected chi connectivity index (χ2v) is 6.96. The Bertz CT molecular complexity index is 1010. The molecule has 0 unspecified atom stereocenters. The Morgan fingerprint density at radius 2 is 1.96 bits per heavy atom. The maximum absolute atomic E-state index is 14.7. The molecule has 0 saturated heterocycles. The summed E-state index contributed by atoms with van der Waals surface area (Å²) < 4.78 is 48.5. The molecule has 7 nitrogen and oxygen atoms in total. The number of fused-ring (bicyclic) bond motifs is 1. The number of nitrogens with zero attached hydrogens (tertiary/aromatic N) is 4. The zero-order valence-electron chi connectivity index (χ0n) is 14.5. The van der Waals surface area contributed by atoms with Crippen molar-refractivity contribution >= 4 is 29.1 Å². The molecule has 1 aromatic carbocycles. The molecule has 0 fully saturated rings. The lowest BCUT2D eigenvalue weighted by Crippen LogP contribution is -2.51. The highest BCUT2D eigenvalue weighted by Crippen LogP contribution is 2.45. The van der Waals surface area contributed by atoms with Gasteiger partial charge in [-0.2, -0.15) is 8.78 Å². The molecule has 2 aromatic rings. The van der Waals surface area contributed by atoms with E-state index in [1.807, 2.05) is 0 Å². The average Bonchev–Trinajstić information content (AvgIpc) is 2.65. The van der Waals surface area contributed by atoms with Crippen molar-refractivity contribution in [3.05, 3.63) is 52.3 Å². The van der Waals surface area contributed by atoms with Crippen molar-refractivity contribution in [1.29, 1.82) is 0 Å². The lowest BCUT2D eigenvalue weighted by Gasteiger charge is -2.38. The van der Waals surface area contributed by atoms with Crippen LogP contribution in [0.2, 0.25) is 5.02 Å². The molecule has 146 valence electrons. The molecule has 0 radical (unpaired) electrons. The minimum absolute atomic E-state index is 0.127. The smallest absolute Gasteiger partial charge is 0.310 e. The summed E-state index contributed by atoms with van der Waals surface area (Å²) in [5.41, 5.74) is 3.84. The molecule has 11 heteroatoms. The van der Waals surface area contributed by atoms with E-state index in [-0.39, 0.29) is 17.9 Å². The van der Waals surface area contributed by atoms with Gasteiger partial charge in [-0.1, -0.05) is 11.6 Å². The first-order valence-corrected chi connectivity index (χ1v) is 8.56. The molecule has 1 atom stereocenters. The van der Waals surface area contributed by atoms with Gasteiger partial charge >= 0.3 is 5.92 Å². The normalized spacial score (nSPS) is 23.0. The van der Waals surface area contributed by atoms with Crippen LogP contribution in [0.5, 0.6) is 0 Å². The van der Waals surface area contributed by atoms with Gasteiger partial charge in [-0.3, -0.25) is 4.99 Å². The lowest BCUT2D eigenvalue weighted by molar-refractivity contribution is -0.117. The largest absolute Gasteiger partial charge is 0.459 e. The first-order valence-electron chi connectivity index (χ1n) is 8.18. The fourth-order valence-corrected chi connectivity index (χ4v) is 3.12. The summed E-state index contributed by atoms with van der Waals surface area (Å²) in [4.78, 5) is 16.1. The number of aromatic nitrogens is 2. The average molecular weight is 411 g/mol. The van der Waals surface area contributed by atoms with Crippen LogP contribution in [0, 0.1) is 5.82 Å². The first kappa shape index (κ1) is 18.5. The van der Waals surface area contributed by atoms with Crippen LogP contribution >= 0.6 is 11.6 Å². The monoisotopic (exact) mass is 410 g/mol. The standard InChI is InChI=1S/C17H14ClF3N6O/c1-16(17(20,21)7-28-15(22)27-16)10-3-12-8(2-11(10)19)4-23-14(26-12)13-24-5-9(18)6-25-13/h2-3,5-6H,4,7H2,1H3,(H2,22,27)(H,23,26)/t16-/m1/s1. The molecule has 0 aliphatic carbocycles. The van der Waals surface area contributed by atoms with Crippen molar-refractivity contribution in [2.24, 2.45) is 15.7 Å². The molecule has 0 bridgehead atoms. The Morgan fingerprint density at radius 3 is 2.68 bits per heavy atom. The second kappa shape index (κ2) is 6.33. The van der Waals surface area contributed by atoms with Crippen LogP contribution in [0.4, 0.5) is 18.9 Å². The summed E-state index contributed by atoms with van der Waals surface area (Å²) in [6.07, 6.45) is 2.81. The molecule has 0 saturated carbocycles. The second-order valence-electron chi connectivity index (χ2n) is 6.52. The topological polar surface area (TPSA) is 97.8 Å². The van der Waals surface area contributed by atoms with Gasteiger partial charge in [-0.05, 0) is 19.1 Å². The third-order valence-electron chi connectivity index (χ3n) is 4.66. The van der Waals surface area contributed by atoms with E-state index in [1.54, 1.807) is 0 Å². The summed E-state index contributed by atoms with van der Waals surface area (Å²) in [7, 11) is 0. The van der Waals surface area contributed by atoms with Crippen LogP contribution < -0.4 is 11.1 Å². The zero-order chi connectivity index (χ0) is 20.1. The molecule has 4 rings (SSSR count). The molecular weight excluding hydrogens is 397 g/mol. The Labute approximate surface area is 162 Å². The fourth-order valence-electron chi connectivity index (χ4n) is 3.02. The van der Waals surface area contributed by atoms with Gasteiger partial charge in [0.15, 0.2) is 23.8 Å². The number of ether oxygens (including phenoxy) is 1. The van der Waals surface area contributed by atoms with Gasteiger partial charge in [0.2, 0.25) is 0 Å². The number of anilines is 1. The van der Waals surface area contributed by atoms with Crippen molar-refractivity contribution in [3.8, 4) is 0 Å². The van der Waals surface area contributed by atoms with Gasteiger partial charge in [-0.25, -0.2) is 19.4 Å². The SMILES string of the molecule is C[C@]1(c2cc3c(cc2F)CN=C(c2ncc(Cl)cn2)N3)N=C(N)OCC1(F)F. The van der Waals surface area contributed by atoms with Gasteiger partial charge in [-0.15, -0.1) is 0 Å². The molecule has 0 amide bonds. The number of halogens is 4. The molecule has 2 aliphatic rings. The van der Waals surface area contributed by atoms with Crippen molar-refractivity contribution in [2.75, 3.05) is 11.9 Å². The number of rotatable bonds is 2. The summed E-state index contributed by atoms with van der Waals surface area (Å²) in [5, 5.41) is 3.31. The number of alkyl halides is 2. The van der Waals surface area contributed by atoms with Gasteiger partial charge in [0, 0.05) is 29.2 Å². The maximum Gasteiger partial charge on any atom is 0.310 e. The van der Waals surface area contributed by atoms with Crippen molar-refractivity contribution < 1.29 is 17.9 Å². The molecule has 3 heterocycles. The summed E-state index contributed by atoms with van der Waals surface area (Å²) in [6, 6.07) is 2.02. The molecule has 28 heavy (non-hydrogen) atoms. The first-order chi connectivity index (χ1) is 13.2. The molecule has 2 aliphatic heterocycles. The van der Waals surface area contributed by atoms with Crippen LogP contribution in [0.1, 0.15) is 23.9 Å². The van der Waals surface area contributed by atoms with Gasteiger partial charge in [0.1, 0.15) is 5.82 Å². The van der Waals surface area contributed by atoms with E-state index >= 15 is 0 Å². The van der Waals surface area contributed by atoms with E-state index < -0.39 is 29.9 Å². The van der Waals surface area contributed by atoms with Crippen LogP contribution in [0.3, 0.4) is 0 Å². The van der Waals surface area contributed by atoms with E-state index in [0.717, 1.165) is 13.0 Å². The minimum atomic E-state index is -3.46. The van der Waals surface area contributed by atoms with Crippen molar-refractivity contribution in [2.45, 2.75) is 24.9 Å². The van der Waals surface area contributed by atoms with Crippen molar-refractivity contribution in [1.82, 2.24) is 9.97 Å². The van der Waals surface area contributed by atoms with Crippen LogP contribution in [0.25, 0.3) is 0 Å². The number of hydrogen-bond acceptors (Lipinski definition) is 7. The number of nitrogens with two attached hydrogens (primary N) is 1. The molecule has 0 spiro atoms. The predicted molar refractivity (Wildman–Crippen MR) is 97.2 cm³/mol. The molecular formula is C17H14ClF3N6O. The highest BCUT2D eigenvalue weighted by atomic mass is 35.5. The Balaban J connectivity index is 1.76. The minimum Gasteiger partial charge on any atom is -0.459 e. The Hall–Kier alpha value is -2.88. The van der Waals surface area contributed by atoms with Crippen molar-refractivity contribution in [3.63, 3.8) is 0 Å². The lowest BCUT2D eigenvalue weighted by atomic mass is 9.84. The summed E-state index contributed by atoms with van der Waals surface area (Å²) in [5.74, 6) is -3.71.